The summed E-state index contributed by atoms with van der Waals surface area (Å²) in [5.41, 5.74) is 3.21. The molecule has 5 nitrogen and oxygen atoms in total. The van der Waals surface area contributed by atoms with Gasteiger partial charge in [0, 0.05) is 18.3 Å². The van der Waals surface area contributed by atoms with Crippen LogP contribution in [0.3, 0.4) is 0 Å². The summed E-state index contributed by atoms with van der Waals surface area (Å²) < 4.78 is 27.3. The lowest BCUT2D eigenvalue weighted by molar-refractivity contribution is 0.315. The van der Waals surface area contributed by atoms with Crippen molar-refractivity contribution in [3.05, 3.63) is 24.3 Å². The fraction of sp³-hybridized carbons (Fsp3) is 0.571. The Balaban J connectivity index is 2.30. The first kappa shape index (κ1) is 15.3. The second-order valence-corrected chi connectivity index (χ2v) is 7.09. The van der Waals surface area contributed by atoms with E-state index in [9.17, 15) is 8.42 Å². The Morgan fingerprint density at radius 1 is 1.25 bits per heavy atom. The molecule has 0 amide bonds. The van der Waals surface area contributed by atoms with Crippen molar-refractivity contribution in [1.82, 2.24) is 4.31 Å². The summed E-state index contributed by atoms with van der Waals surface area (Å²) in [6, 6.07) is 6.72. The largest absolute Gasteiger partial charge is 0.324 e. The minimum Gasteiger partial charge on any atom is -0.324 e. The Kier molecular flexibility index (Phi) is 5.01. The van der Waals surface area contributed by atoms with Gasteiger partial charge in [-0.05, 0) is 43.5 Å². The Bertz CT molecular complexity index is 528. The predicted octanol–water partition coefficient (Wildman–Crippen LogP) is 2.32. The molecule has 1 fully saturated rings. The molecule has 1 aliphatic rings. The normalized spacial score (nSPS) is 21.4. The number of benzene rings is 1. The number of nitrogens with two attached hydrogens (primary N) is 1. The summed E-state index contributed by atoms with van der Waals surface area (Å²) in [5, 5.41) is 0. The standard InChI is InChI=1S/C14H23N3O2S/c1-2-13-6-4-3-5-11-17(13)20(18,19)14-9-7-12(16-15)8-10-14/h7-10,13,16H,2-6,11,15H2,1H3. The monoisotopic (exact) mass is 297 g/mol. The molecule has 0 radical (unpaired) electrons. The zero-order chi connectivity index (χ0) is 14.6. The summed E-state index contributed by atoms with van der Waals surface area (Å²) in [4.78, 5) is 0.344. The van der Waals surface area contributed by atoms with Gasteiger partial charge in [-0.15, -0.1) is 0 Å². The van der Waals surface area contributed by atoms with Gasteiger partial charge < -0.3 is 5.43 Å². The molecule has 0 bridgehead atoms. The van der Waals surface area contributed by atoms with Crippen molar-refractivity contribution in [2.75, 3.05) is 12.0 Å². The number of nitrogens with one attached hydrogen (secondary N) is 1. The fourth-order valence-electron chi connectivity index (χ4n) is 2.73. The quantitative estimate of drug-likeness (QED) is 0.660. The highest BCUT2D eigenvalue weighted by Gasteiger charge is 2.31. The van der Waals surface area contributed by atoms with E-state index in [1.807, 2.05) is 0 Å². The first-order valence-corrected chi connectivity index (χ1v) is 8.62. The minimum absolute atomic E-state index is 0.120. The van der Waals surface area contributed by atoms with Gasteiger partial charge in [0.1, 0.15) is 0 Å². The van der Waals surface area contributed by atoms with Crippen LogP contribution in [0.25, 0.3) is 0 Å². The van der Waals surface area contributed by atoms with E-state index < -0.39 is 10.0 Å². The second kappa shape index (κ2) is 6.56. The summed E-state index contributed by atoms with van der Waals surface area (Å²) in [7, 11) is -3.41. The molecule has 1 aliphatic heterocycles. The van der Waals surface area contributed by atoms with Gasteiger partial charge >= 0.3 is 0 Å². The van der Waals surface area contributed by atoms with Crippen LogP contribution in [0, 0.1) is 0 Å². The highest BCUT2D eigenvalue weighted by molar-refractivity contribution is 7.89. The lowest BCUT2D eigenvalue weighted by Crippen LogP contribution is -2.39. The molecule has 0 spiro atoms. The number of nitrogens with zero attached hydrogens (tertiary/aromatic N) is 1. The Labute approximate surface area is 121 Å². The van der Waals surface area contributed by atoms with E-state index in [0.29, 0.717) is 17.1 Å². The SMILES string of the molecule is CCC1CCCCCN1S(=O)(=O)c1ccc(NN)cc1. The van der Waals surface area contributed by atoms with Gasteiger partial charge in [-0.3, -0.25) is 5.84 Å². The minimum atomic E-state index is -3.41. The van der Waals surface area contributed by atoms with Gasteiger partial charge in [0.2, 0.25) is 10.0 Å². The second-order valence-electron chi connectivity index (χ2n) is 5.20. The van der Waals surface area contributed by atoms with Crippen LogP contribution in [0.2, 0.25) is 0 Å². The van der Waals surface area contributed by atoms with Crippen LogP contribution in [0.5, 0.6) is 0 Å². The molecule has 1 aromatic rings. The number of nitrogen functional groups attached to an aromatic ring is 1. The van der Waals surface area contributed by atoms with E-state index in [4.69, 9.17) is 5.84 Å². The molecule has 2 rings (SSSR count). The van der Waals surface area contributed by atoms with Gasteiger partial charge in [-0.1, -0.05) is 19.8 Å². The third-order valence-electron chi connectivity index (χ3n) is 3.92. The first-order chi connectivity index (χ1) is 9.59. The molecular formula is C14H23N3O2S. The van der Waals surface area contributed by atoms with Crippen molar-refractivity contribution in [2.24, 2.45) is 5.84 Å². The van der Waals surface area contributed by atoms with Gasteiger partial charge in [0.15, 0.2) is 0 Å². The van der Waals surface area contributed by atoms with Crippen LogP contribution < -0.4 is 11.3 Å². The highest BCUT2D eigenvalue weighted by atomic mass is 32.2. The fourth-order valence-corrected chi connectivity index (χ4v) is 4.50. The van der Waals surface area contributed by atoms with Crippen LogP contribution in [0.1, 0.15) is 39.0 Å². The van der Waals surface area contributed by atoms with Gasteiger partial charge in [-0.2, -0.15) is 4.31 Å². The Hall–Kier alpha value is -1.11. The van der Waals surface area contributed by atoms with Crippen LogP contribution >= 0.6 is 0 Å². The molecule has 112 valence electrons. The summed E-state index contributed by atoms with van der Waals surface area (Å²) in [5.74, 6) is 5.31. The Morgan fingerprint density at radius 2 is 1.95 bits per heavy atom. The molecule has 20 heavy (non-hydrogen) atoms. The van der Waals surface area contributed by atoms with E-state index in [-0.39, 0.29) is 6.04 Å². The van der Waals surface area contributed by atoms with Crippen molar-refractivity contribution < 1.29 is 8.42 Å². The third kappa shape index (κ3) is 3.13. The average molecular weight is 297 g/mol. The number of sulfonamides is 1. The van der Waals surface area contributed by atoms with E-state index in [0.717, 1.165) is 32.1 Å². The highest BCUT2D eigenvalue weighted by Crippen LogP contribution is 2.26. The van der Waals surface area contributed by atoms with Gasteiger partial charge in [0.25, 0.3) is 0 Å². The van der Waals surface area contributed by atoms with Crippen molar-refractivity contribution >= 4 is 15.7 Å². The van der Waals surface area contributed by atoms with Crippen LogP contribution in [-0.4, -0.2) is 25.3 Å². The molecule has 1 aromatic carbocycles. The van der Waals surface area contributed by atoms with Crippen molar-refractivity contribution in [3.63, 3.8) is 0 Å². The maximum absolute atomic E-state index is 12.8. The number of hydrogen-bond acceptors (Lipinski definition) is 4. The molecule has 1 unspecified atom stereocenters. The van der Waals surface area contributed by atoms with Crippen LogP contribution in [0.4, 0.5) is 5.69 Å². The van der Waals surface area contributed by atoms with Crippen molar-refractivity contribution in [2.45, 2.75) is 50.0 Å². The molecule has 3 N–H and O–H groups in total. The summed E-state index contributed by atoms with van der Waals surface area (Å²) >= 11 is 0. The van der Waals surface area contributed by atoms with E-state index in [1.54, 1.807) is 28.6 Å². The lowest BCUT2D eigenvalue weighted by Gasteiger charge is -2.28. The van der Waals surface area contributed by atoms with Gasteiger partial charge in [-0.25, -0.2) is 8.42 Å². The number of anilines is 1. The van der Waals surface area contributed by atoms with Gasteiger partial charge in [0.05, 0.1) is 4.90 Å². The predicted molar refractivity (Wildman–Crippen MR) is 80.7 cm³/mol. The van der Waals surface area contributed by atoms with Crippen LogP contribution in [-0.2, 0) is 10.0 Å². The molecule has 0 aliphatic carbocycles. The zero-order valence-corrected chi connectivity index (χ0v) is 12.7. The number of hydrazine groups is 1. The maximum atomic E-state index is 12.8. The molecule has 1 atom stereocenters. The van der Waals surface area contributed by atoms with E-state index >= 15 is 0 Å². The zero-order valence-electron chi connectivity index (χ0n) is 11.9. The molecule has 0 aromatic heterocycles. The summed E-state index contributed by atoms with van der Waals surface area (Å²) in [6.45, 7) is 2.68. The topological polar surface area (TPSA) is 75.4 Å². The molecule has 0 saturated carbocycles. The van der Waals surface area contributed by atoms with Crippen molar-refractivity contribution in [1.29, 1.82) is 0 Å². The molecule has 1 heterocycles. The van der Waals surface area contributed by atoms with Crippen molar-refractivity contribution in [3.8, 4) is 0 Å². The van der Waals surface area contributed by atoms with Crippen LogP contribution in [0.15, 0.2) is 29.2 Å². The lowest BCUT2D eigenvalue weighted by atomic mass is 10.1. The molecular weight excluding hydrogens is 274 g/mol. The Morgan fingerprint density at radius 3 is 2.55 bits per heavy atom. The summed E-state index contributed by atoms with van der Waals surface area (Å²) in [6.07, 6.45) is 4.98. The van der Waals surface area contributed by atoms with E-state index in [2.05, 4.69) is 12.3 Å². The molecule has 6 heteroatoms. The third-order valence-corrected chi connectivity index (χ3v) is 5.89. The number of rotatable bonds is 4. The average Bonchev–Trinajstić information content (AvgIpc) is 2.73. The van der Waals surface area contributed by atoms with E-state index in [1.165, 1.54) is 0 Å². The first-order valence-electron chi connectivity index (χ1n) is 7.18. The smallest absolute Gasteiger partial charge is 0.243 e. The number of hydrogen-bond donors (Lipinski definition) is 2. The molecule has 1 saturated heterocycles. The maximum Gasteiger partial charge on any atom is 0.243 e.